The van der Waals surface area contributed by atoms with Gasteiger partial charge in [-0.25, -0.2) is 9.98 Å². The maximum atomic E-state index is 12.9. The number of nitrogens with zero attached hydrogens (tertiary/aromatic N) is 6. The number of ether oxygens (including phenoxy) is 2. The first-order chi connectivity index (χ1) is 15.8. The predicted octanol–water partition coefficient (Wildman–Crippen LogP) is 3.95. The third-order valence-corrected chi connectivity index (χ3v) is 7.02. The molecule has 2 heterocycles. The first-order valence-corrected chi connectivity index (χ1v) is 12.7. The van der Waals surface area contributed by atoms with Gasteiger partial charge in [-0.2, -0.15) is 9.97 Å². The zero-order valence-corrected chi connectivity index (χ0v) is 21.0. The number of aromatic nitrogens is 4. The van der Waals surface area contributed by atoms with Crippen LogP contribution in [0.2, 0.25) is 0 Å². The van der Waals surface area contributed by atoms with Gasteiger partial charge in [0.25, 0.3) is 5.95 Å². The van der Waals surface area contributed by atoms with Gasteiger partial charge in [-0.05, 0) is 20.3 Å². The fourth-order valence-corrected chi connectivity index (χ4v) is 5.07. The lowest BCUT2D eigenvalue weighted by molar-refractivity contribution is -0.00118. The standard InChI is InChI=1S/C21H33N6O5P/c1-7-21(30-15-33(28,31-8-2)32-9-3)11-10-16(12-21)27-14-22-17-18(27)24-20(23-13-26(4)5)25-19(17)29-6/h10-11,13-14,16H,7-9,12,15H2,1-6H3/b23-13-/t16-,21+/m0/s1. The fourth-order valence-electron chi connectivity index (χ4n) is 3.64. The van der Waals surface area contributed by atoms with E-state index in [0.717, 1.165) is 0 Å². The summed E-state index contributed by atoms with van der Waals surface area (Å²) in [6.45, 7) is 6.18. The highest BCUT2D eigenvalue weighted by atomic mass is 31.2. The average Bonchev–Trinajstić information content (AvgIpc) is 3.41. The van der Waals surface area contributed by atoms with Gasteiger partial charge in [0.15, 0.2) is 11.2 Å². The molecule has 0 fully saturated rings. The molecule has 3 rings (SSSR count). The van der Waals surface area contributed by atoms with Gasteiger partial charge in [-0.1, -0.05) is 19.1 Å². The Hall–Kier alpha value is -2.33. The van der Waals surface area contributed by atoms with Crippen molar-refractivity contribution in [1.82, 2.24) is 24.4 Å². The Kier molecular flexibility index (Phi) is 8.23. The van der Waals surface area contributed by atoms with Crippen molar-refractivity contribution in [2.24, 2.45) is 4.99 Å². The molecular formula is C21H33N6O5P. The third kappa shape index (κ3) is 5.78. The molecule has 182 valence electrons. The first kappa shape index (κ1) is 25.3. The van der Waals surface area contributed by atoms with Crippen LogP contribution in [0.15, 0.2) is 23.5 Å². The van der Waals surface area contributed by atoms with E-state index in [9.17, 15) is 4.57 Å². The molecule has 0 saturated carbocycles. The summed E-state index contributed by atoms with van der Waals surface area (Å²) in [5.41, 5.74) is 0.569. The zero-order chi connectivity index (χ0) is 24.1. The van der Waals surface area contributed by atoms with E-state index in [0.29, 0.717) is 43.1 Å². The van der Waals surface area contributed by atoms with Gasteiger partial charge in [0.1, 0.15) is 6.35 Å². The molecule has 0 radical (unpaired) electrons. The molecule has 2 aromatic rings. The van der Waals surface area contributed by atoms with Crippen molar-refractivity contribution in [3.63, 3.8) is 0 Å². The van der Waals surface area contributed by atoms with Crippen molar-refractivity contribution in [3.8, 4) is 5.88 Å². The van der Waals surface area contributed by atoms with E-state index >= 15 is 0 Å². The van der Waals surface area contributed by atoms with Crippen molar-refractivity contribution in [2.45, 2.75) is 45.3 Å². The Labute approximate surface area is 194 Å². The van der Waals surface area contributed by atoms with Gasteiger partial charge in [-0.15, -0.1) is 0 Å². The second-order valence-electron chi connectivity index (χ2n) is 7.83. The van der Waals surface area contributed by atoms with Gasteiger partial charge in [-0.3, -0.25) is 4.57 Å². The van der Waals surface area contributed by atoms with E-state index in [1.807, 2.05) is 37.7 Å². The van der Waals surface area contributed by atoms with Crippen LogP contribution < -0.4 is 4.74 Å². The number of imidazole rings is 1. The molecule has 12 heteroatoms. The van der Waals surface area contributed by atoms with Crippen molar-refractivity contribution in [1.29, 1.82) is 0 Å². The molecule has 2 aromatic heterocycles. The van der Waals surface area contributed by atoms with Crippen molar-refractivity contribution in [2.75, 3.05) is 40.8 Å². The van der Waals surface area contributed by atoms with E-state index in [4.69, 9.17) is 18.5 Å². The van der Waals surface area contributed by atoms with Crippen LogP contribution in [0, 0.1) is 0 Å². The number of hydrogen-bond acceptors (Lipinski definition) is 9. The molecule has 0 unspecified atom stereocenters. The highest BCUT2D eigenvalue weighted by Gasteiger charge is 2.38. The van der Waals surface area contributed by atoms with E-state index in [2.05, 4.69) is 19.9 Å². The third-order valence-electron chi connectivity index (χ3n) is 5.27. The van der Waals surface area contributed by atoms with Crippen molar-refractivity contribution >= 4 is 31.0 Å². The number of allylic oxidation sites excluding steroid dienone is 1. The molecule has 0 aromatic carbocycles. The second kappa shape index (κ2) is 10.7. The zero-order valence-electron chi connectivity index (χ0n) is 20.1. The summed E-state index contributed by atoms with van der Waals surface area (Å²) in [5.74, 6) is 0.642. The topological polar surface area (TPSA) is 113 Å². The lowest BCUT2D eigenvalue weighted by Crippen LogP contribution is -2.29. The van der Waals surface area contributed by atoms with Crippen LogP contribution in [0.25, 0.3) is 11.2 Å². The van der Waals surface area contributed by atoms with Gasteiger partial charge < -0.3 is 28.0 Å². The molecule has 0 saturated heterocycles. The number of rotatable bonds is 12. The number of methoxy groups -OCH3 is 1. The van der Waals surface area contributed by atoms with Gasteiger partial charge in [0.05, 0.1) is 44.6 Å². The van der Waals surface area contributed by atoms with E-state index in [1.165, 1.54) is 0 Å². The van der Waals surface area contributed by atoms with E-state index in [-0.39, 0.29) is 18.3 Å². The molecule has 0 amide bonds. The Morgan fingerprint density at radius 1 is 1.27 bits per heavy atom. The molecular weight excluding hydrogens is 447 g/mol. The van der Waals surface area contributed by atoms with Gasteiger partial charge >= 0.3 is 7.60 Å². The van der Waals surface area contributed by atoms with Crippen LogP contribution in [0.5, 0.6) is 5.88 Å². The summed E-state index contributed by atoms with van der Waals surface area (Å²) in [6, 6.07) is -0.0705. The number of aliphatic imine (C=N–C) groups is 1. The van der Waals surface area contributed by atoms with Crippen LogP contribution >= 0.6 is 7.60 Å². The first-order valence-electron chi connectivity index (χ1n) is 11.0. The van der Waals surface area contributed by atoms with Gasteiger partial charge in [0, 0.05) is 20.5 Å². The largest absolute Gasteiger partial charge is 0.479 e. The van der Waals surface area contributed by atoms with Crippen molar-refractivity contribution in [3.05, 3.63) is 18.5 Å². The highest BCUT2D eigenvalue weighted by Crippen LogP contribution is 2.50. The average molecular weight is 481 g/mol. The molecule has 0 N–H and O–H groups in total. The summed E-state index contributed by atoms with van der Waals surface area (Å²) in [5, 5.41) is 0. The molecule has 0 aliphatic heterocycles. The Morgan fingerprint density at radius 2 is 2.00 bits per heavy atom. The van der Waals surface area contributed by atoms with E-state index in [1.54, 1.807) is 38.5 Å². The quantitative estimate of drug-likeness (QED) is 0.193. The summed E-state index contributed by atoms with van der Waals surface area (Å²) in [4.78, 5) is 19.5. The maximum absolute atomic E-state index is 12.9. The van der Waals surface area contributed by atoms with Crippen LogP contribution in [0.3, 0.4) is 0 Å². The highest BCUT2D eigenvalue weighted by molar-refractivity contribution is 7.53. The number of fused-ring (bicyclic) bond motifs is 1. The number of hydrogen-bond donors (Lipinski definition) is 0. The summed E-state index contributed by atoms with van der Waals surface area (Å²) >= 11 is 0. The maximum Gasteiger partial charge on any atom is 0.356 e. The lowest BCUT2D eigenvalue weighted by Gasteiger charge is -2.30. The molecule has 0 bridgehead atoms. The minimum Gasteiger partial charge on any atom is -0.479 e. The van der Waals surface area contributed by atoms with Crippen LogP contribution in [0.4, 0.5) is 5.95 Å². The van der Waals surface area contributed by atoms with Crippen LogP contribution in [0.1, 0.15) is 39.7 Å². The molecule has 11 nitrogen and oxygen atoms in total. The Balaban J connectivity index is 1.86. The minimum atomic E-state index is -3.31. The Bertz CT molecular complexity index is 1050. The summed E-state index contributed by atoms with van der Waals surface area (Å²) < 4.78 is 37.2. The molecule has 1 aliphatic carbocycles. The smallest absolute Gasteiger partial charge is 0.356 e. The van der Waals surface area contributed by atoms with Gasteiger partial charge in [0.2, 0.25) is 5.88 Å². The summed E-state index contributed by atoms with van der Waals surface area (Å²) in [6.07, 6.45) is 8.61. The summed E-state index contributed by atoms with van der Waals surface area (Å²) in [7, 11) is 1.97. The minimum absolute atomic E-state index is 0.0705. The second-order valence-corrected chi connectivity index (χ2v) is 9.83. The molecule has 33 heavy (non-hydrogen) atoms. The SMILES string of the molecule is CCOP(=O)(CO[C@]1(CC)C=C[C@H](n2cnc3c(OC)nc(/N=C\N(C)C)nc32)C1)OCC. The Morgan fingerprint density at radius 3 is 2.61 bits per heavy atom. The van der Waals surface area contributed by atoms with Crippen LogP contribution in [-0.4, -0.2) is 77.1 Å². The fraction of sp³-hybridized carbons (Fsp3) is 0.619. The normalized spacial score (nSPS) is 20.8. The molecule has 2 atom stereocenters. The molecule has 0 spiro atoms. The van der Waals surface area contributed by atoms with E-state index < -0.39 is 13.2 Å². The van der Waals surface area contributed by atoms with Crippen molar-refractivity contribution < 1.29 is 23.1 Å². The predicted molar refractivity (Wildman–Crippen MR) is 126 cm³/mol. The van der Waals surface area contributed by atoms with Crippen LogP contribution in [-0.2, 0) is 18.3 Å². The monoisotopic (exact) mass is 480 g/mol. The lowest BCUT2D eigenvalue weighted by atomic mass is 9.99. The molecule has 1 aliphatic rings.